The predicted octanol–water partition coefficient (Wildman–Crippen LogP) is 5.27. The molecule has 9 heteroatoms. The van der Waals surface area contributed by atoms with Gasteiger partial charge in [-0.2, -0.15) is 0 Å². The van der Waals surface area contributed by atoms with Crippen molar-refractivity contribution >= 4 is 45.7 Å². The highest BCUT2D eigenvalue weighted by Gasteiger charge is 2.21. The lowest BCUT2D eigenvalue weighted by atomic mass is 10.1. The number of rotatable bonds is 5. The van der Waals surface area contributed by atoms with Crippen molar-refractivity contribution in [3.05, 3.63) is 51.7 Å². The standard InChI is InChI=1S/C23H27ClFN5O2/c1-3-29-20-13-18(27-22(31)26-15-8-9-17(25)16(24)12-15)19(28-10-6-5-7-11-28)14-21(20)30(4-2)23(29)32/h8-9,12-14H,3-7,10-11H2,1-2H3,(H2,26,27,31). The molecule has 0 atom stereocenters. The van der Waals surface area contributed by atoms with Gasteiger partial charge >= 0.3 is 11.7 Å². The number of piperidine rings is 1. The van der Waals surface area contributed by atoms with Gasteiger partial charge in [0.2, 0.25) is 0 Å². The normalized spacial score (nSPS) is 14.1. The number of halogens is 2. The molecule has 2 heterocycles. The number of amides is 2. The van der Waals surface area contributed by atoms with Gasteiger partial charge in [0, 0.05) is 31.9 Å². The molecule has 3 aromatic rings. The molecule has 2 aromatic carbocycles. The van der Waals surface area contributed by atoms with Crippen molar-refractivity contribution in [3.8, 4) is 0 Å². The second kappa shape index (κ2) is 9.24. The summed E-state index contributed by atoms with van der Waals surface area (Å²) < 4.78 is 16.9. The monoisotopic (exact) mass is 459 g/mol. The zero-order valence-corrected chi connectivity index (χ0v) is 19.0. The van der Waals surface area contributed by atoms with Crippen LogP contribution in [0.25, 0.3) is 11.0 Å². The van der Waals surface area contributed by atoms with Gasteiger partial charge in [-0.15, -0.1) is 0 Å². The fourth-order valence-corrected chi connectivity index (χ4v) is 4.50. The van der Waals surface area contributed by atoms with Gasteiger partial charge in [-0.05, 0) is 63.4 Å². The number of urea groups is 1. The van der Waals surface area contributed by atoms with Gasteiger partial charge in [0.25, 0.3) is 0 Å². The van der Waals surface area contributed by atoms with Gasteiger partial charge < -0.3 is 15.5 Å². The lowest BCUT2D eigenvalue weighted by molar-refractivity contribution is 0.262. The van der Waals surface area contributed by atoms with Crippen LogP contribution in [0.3, 0.4) is 0 Å². The minimum absolute atomic E-state index is 0.0582. The quantitative estimate of drug-likeness (QED) is 0.546. The molecule has 32 heavy (non-hydrogen) atoms. The summed E-state index contributed by atoms with van der Waals surface area (Å²) in [6.45, 7) is 6.76. The lowest BCUT2D eigenvalue weighted by Crippen LogP contribution is -2.31. The van der Waals surface area contributed by atoms with E-state index in [0.717, 1.165) is 42.7 Å². The summed E-state index contributed by atoms with van der Waals surface area (Å²) in [6, 6.07) is 7.42. The number of imidazole rings is 1. The van der Waals surface area contributed by atoms with E-state index in [-0.39, 0.29) is 10.7 Å². The van der Waals surface area contributed by atoms with E-state index in [1.165, 1.54) is 24.6 Å². The number of nitrogens with one attached hydrogen (secondary N) is 2. The third-order valence-electron chi connectivity index (χ3n) is 5.89. The number of fused-ring (bicyclic) bond motifs is 1. The van der Waals surface area contributed by atoms with Crippen LogP contribution in [0.4, 0.5) is 26.2 Å². The van der Waals surface area contributed by atoms with Crippen molar-refractivity contribution < 1.29 is 9.18 Å². The SMILES string of the molecule is CCn1c(=O)n(CC)c2cc(N3CCCCC3)c(NC(=O)Nc3ccc(F)c(Cl)c3)cc21. The Labute approximate surface area is 190 Å². The fourth-order valence-electron chi connectivity index (χ4n) is 4.32. The van der Waals surface area contributed by atoms with Gasteiger partial charge in [-0.25, -0.2) is 14.0 Å². The number of hydrogen-bond acceptors (Lipinski definition) is 3. The average Bonchev–Trinajstić information content (AvgIpc) is 3.05. The second-order valence-electron chi connectivity index (χ2n) is 7.88. The number of hydrogen-bond donors (Lipinski definition) is 2. The van der Waals surface area contributed by atoms with Gasteiger partial charge in [0.05, 0.1) is 27.4 Å². The van der Waals surface area contributed by atoms with Crippen LogP contribution in [0.2, 0.25) is 5.02 Å². The minimum Gasteiger partial charge on any atom is -0.370 e. The topological polar surface area (TPSA) is 71.3 Å². The number of benzene rings is 2. The summed E-state index contributed by atoms with van der Waals surface area (Å²) in [5.41, 5.74) is 3.48. The van der Waals surface area contributed by atoms with E-state index in [0.29, 0.717) is 24.5 Å². The molecular weight excluding hydrogens is 433 g/mol. The van der Waals surface area contributed by atoms with E-state index in [1.54, 1.807) is 9.13 Å². The summed E-state index contributed by atoms with van der Waals surface area (Å²) in [4.78, 5) is 27.9. The van der Waals surface area contributed by atoms with E-state index < -0.39 is 11.8 Å². The molecule has 1 saturated heterocycles. The highest BCUT2D eigenvalue weighted by molar-refractivity contribution is 6.31. The Hall–Kier alpha value is -3.00. The van der Waals surface area contributed by atoms with Crippen molar-refractivity contribution in [3.63, 3.8) is 0 Å². The summed E-state index contributed by atoms with van der Waals surface area (Å²) in [7, 11) is 0. The third-order valence-corrected chi connectivity index (χ3v) is 6.18. The molecule has 1 fully saturated rings. The summed E-state index contributed by atoms with van der Waals surface area (Å²) in [5, 5.41) is 5.56. The maximum atomic E-state index is 13.4. The largest absolute Gasteiger partial charge is 0.370 e. The van der Waals surface area contributed by atoms with Crippen LogP contribution in [0.1, 0.15) is 33.1 Å². The number of carbonyl (C=O) groups excluding carboxylic acids is 1. The Morgan fingerprint density at radius 3 is 2.28 bits per heavy atom. The summed E-state index contributed by atoms with van der Waals surface area (Å²) >= 11 is 5.83. The molecule has 4 rings (SSSR count). The van der Waals surface area contributed by atoms with Crippen molar-refractivity contribution in [1.82, 2.24) is 9.13 Å². The maximum absolute atomic E-state index is 13.4. The number of aromatic nitrogens is 2. The Kier molecular flexibility index (Phi) is 6.41. The van der Waals surface area contributed by atoms with E-state index in [4.69, 9.17) is 11.6 Å². The van der Waals surface area contributed by atoms with Crippen LogP contribution >= 0.6 is 11.6 Å². The Morgan fingerprint density at radius 2 is 1.66 bits per heavy atom. The first-order chi connectivity index (χ1) is 15.4. The van der Waals surface area contributed by atoms with Crippen LogP contribution in [0.15, 0.2) is 35.1 Å². The minimum atomic E-state index is -0.548. The molecule has 0 aliphatic carbocycles. The zero-order valence-electron chi connectivity index (χ0n) is 18.3. The third kappa shape index (κ3) is 4.19. The zero-order chi connectivity index (χ0) is 22.8. The van der Waals surface area contributed by atoms with Crippen LogP contribution in [0, 0.1) is 5.82 Å². The molecule has 2 amide bonds. The lowest BCUT2D eigenvalue weighted by Gasteiger charge is -2.30. The molecular formula is C23H27ClFN5O2. The van der Waals surface area contributed by atoms with E-state index in [2.05, 4.69) is 15.5 Å². The molecule has 7 nitrogen and oxygen atoms in total. The number of aryl methyl sites for hydroxylation is 2. The first-order valence-electron chi connectivity index (χ1n) is 11.0. The fraction of sp³-hybridized carbons (Fsp3) is 0.391. The van der Waals surface area contributed by atoms with Crippen LogP contribution in [0.5, 0.6) is 0 Å². The molecule has 0 radical (unpaired) electrons. The maximum Gasteiger partial charge on any atom is 0.329 e. The van der Waals surface area contributed by atoms with Gasteiger partial charge in [0.1, 0.15) is 5.82 Å². The molecule has 0 bridgehead atoms. The smallest absolute Gasteiger partial charge is 0.329 e. The molecule has 0 unspecified atom stereocenters. The molecule has 2 N–H and O–H groups in total. The van der Waals surface area contributed by atoms with Crippen LogP contribution < -0.4 is 21.2 Å². The predicted molar refractivity (Wildman–Crippen MR) is 128 cm³/mol. The second-order valence-corrected chi connectivity index (χ2v) is 8.29. The Bertz CT molecular complexity index is 1210. The van der Waals surface area contributed by atoms with Crippen molar-refractivity contribution in [2.24, 2.45) is 0 Å². The number of nitrogens with zero attached hydrogens (tertiary/aromatic N) is 3. The Balaban J connectivity index is 1.74. The molecule has 0 spiro atoms. The average molecular weight is 460 g/mol. The van der Waals surface area contributed by atoms with Crippen molar-refractivity contribution in [1.29, 1.82) is 0 Å². The summed E-state index contributed by atoms with van der Waals surface area (Å²) in [6.07, 6.45) is 3.34. The van der Waals surface area contributed by atoms with E-state index in [1.807, 2.05) is 26.0 Å². The van der Waals surface area contributed by atoms with Crippen molar-refractivity contribution in [2.45, 2.75) is 46.2 Å². The highest BCUT2D eigenvalue weighted by Crippen LogP contribution is 2.33. The molecule has 1 aromatic heterocycles. The Morgan fingerprint density at radius 1 is 1.00 bits per heavy atom. The van der Waals surface area contributed by atoms with E-state index in [9.17, 15) is 14.0 Å². The first-order valence-corrected chi connectivity index (χ1v) is 11.4. The summed E-state index contributed by atoms with van der Waals surface area (Å²) in [5.74, 6) is -0.548. The van der Waals surface area contributed by atoms with E-state index >= 15 is 0 Å². The number of anilines is 3. The van der Waals surface area contributed by atoms with Gasteiger partial charge in [0.15, 0.2) is 0 Å². The number of carbonyl (C=O) groups is 1. The molecule has 170 valence electrons. The van der Waals surface area contributed by atoms with Crippen LogP contribution in [-0.2, 0) is 13.1 Å². The van der Waals surface area contributed by atoms with Crippen LogP contribution in [-0.4, -0.2) is 28.3 Å². The van der Waals surface area contributed by atoms with Crippen molar-refractivity contribution in [2.75, 3.05) is 28.6 Å². The van der Waals surface area contributed by atoms with Gasteiger partial charge in [-0.3, -0.25) is 9.13 Å². The molecule has 1 aliphatic heterocycles. The molecule has 0 saturated carbocycles. The van der Waals surface area contributed by atoms with Gasteiger partial charge in [-0.1, -0.05) is 11.6 Å². The first kappa shape index (κ1) is 22.2. The molecule has 1 aliphatic rings. The highest BCUT2D eigenvalue weighted by atomic mass is 35.5.